The van der Waals surface area contributed by atoms with Gasteiger partial charge in [-0.3, -0.25) is 0 Å². The number of nitrogens with one attached hydrogen (secondary N) is 1. The fraction of sp³-hybridized carbons (Fsp3) is 0.0698. The fourth-order valence-corrected chi connectivity index (χ4v) is 8.62. The van der Waals surface area contributed by atoms with Gasteiger partial charge in [-0.1, -0.05) is 116 Å². The Balaban J connectivity index is 1.27. The van der Waals surface area contributed by atoms with Crippen molar-refractivity contribution in [1.29, 1.82) is 0 Å². The largest absolute Gasteiger partial charge is 0.454 e. The van der Waals surface area contributed by atoms with E-state index in [1.807, 2.05) is 0 Å². The van der Waals surface area contributed by atoms with Gasteiger partial charge in [0.15, 0.2) is 12.9 Å². The van der Waals surface area contributed by atoms with Crippen LogP contribution in [0.15, 0.2) is 132 Å². The molecule has 2 aliphatic rings. The molecule has 219 valence electrons. The molecule has 4 heterocycles. The van der Waals surface area contributed by atoms with E-state index >= 15 is 0 Å². The van der Waals surface area contributed by atoms with E-state index in [1.165, 1.54) is 77.7 Å². The molecule has 1 aliphatic heterocycles. The van der Waals surface area contributed by atoms with Gasteiger partial charge in [0.05, 0.1) is 11.0 Å². The van der Waals surface area contributed by atoms with Crippen LogP contribution in [0.2, 0.25) is 0 Å². The highest BCUT2D eigenvalue weighted by atomic mass is 16.3. The number of para-hydroxylation sites is 3. The summed E-state index contributed by atoms with van der Waals surface area (Å²) in [5.74, 6) is 0. The first-order chi connectivity index (χ1) is 23.1. The van der Waals surface area contributed by atoms with E-state index in [-0.39, 0.29) is 5.41 Å². The summed E-state index contributed by atoms with van der Waals surface area (Å²) in [5, 5.41) is 3.55. The summed E-state index contributed by atoms with van der Waals surface area (Å²) in [6.45, 7) is 4.68. The minimum Gasteiger partial charge on any atom is -0.454 e. The summed E-state index contributed by atoms with van der Waals surface area (Å²) in [6.07, 6.45) is 0. The first-order valence-electron chi connectivity index (χ1n) is 16.4. The zero-order chi connectivity index (χ0) is 31.0. The van der Waals surface area contributed by atoms with Gasteiger partial charge < -0.3 is 14.0 Å². The van der Waals surface area contributed by atoms with Gasteiger partial charge in [0.1, 0.15) is 11.1 Å². The van der Waals surface area contributed by atoms with Crippen molar-refractivity contribution in [2.24, 2.45) is 0 Å². The normalized spacial score (nSPS) is 14.1. The summed E-state index contributed by atoms with van der Waals surface area (Å²) in [6, 6.07) is 46.2. The van der Waals surface area contributed by atoms with Crippen molar-refractivity contribution in [1.82, 2.24) is 9.55 Å². The first-order valence-corrected chi connectivity index (χ1v) is 16.4. The molecule has 4 heteroatoms. The van der Waals surface area contributed by atoms with Crippen LogP contribution in [0.3, 0.4) is 0 Å². The van der Waals surface area contributed by atoms with Crippen molar-refractivity contribution in [2.75, 3.05) is 0 Å². The summed E-state index contributed by atoms with van der Waals surface area (Å²) >= 11 is 0. The topological polar surface area (TPSA) is 33.9 Å². The number of nitrogens with zero attached hydrogens (tertiary/aromatic N) is 1. The molecule has 3 nitrogen and oxygen atoms in total. The van der Waals surface area contributed by atoms with Gasteiger partial charge in [-0.25, -0.2) is 0 Å². The third-order valence-corrected chi connectivity index (χ3v) is 10.8. The number of hydrogen-bond donors (Lipinski definition) is 1. The lowest BCUT2D eigenvalue weighted by Crippen LogP contribution is -2.37. The van der Waals surface area contributed by atoms with Crippen molar-refractivity contribution >= 4 is 62.1 Å². The number of hydrogen-bond acceptors (Lipinski definition) is 1. The molecule has 1 aliphatic carbocycles. The van der Waals surface area contributed by atoms with Crippen LogP contribution >= 0.6 is 0 Å². The molecule has 11 rings (SSSR count). The molecule has 47 heavy (non-hydrogen) atoms. The van der Waals surface area contributed by atoms with Crippen molar-refractivity contribution in [2.45, 2.75) is 19.3 Å². The molecule has 0 saturated carbocycles. The maximum absolute atomic E-state index is 6.58. The molecule has 0 spiro atoms. The van der Waals surface area contributed by atoms with Crippen molar-refractivity contribution < 1.29 is 4.42 Å². The van der Waals surface area contributed by atoms with E-state index in [2.05, 4.69) is 158 Å². The average molecular weight is 600 g/mol. The molecule has 1 radical (unpaired) electrons. The van der Waals surface area contributed by atoms with Crippen molar-refractivity contribution in [3.8, 4) is 39.1 Å². The van der Waals surface area contributed by atoms with Gasteiger partial charge in [-0.05, 0) is 63.6 Å². The molecule has 1 N–H and O–H groups in total. The summed E-state index contributed by atoms with van der Waals surface area (Å²) < 4.78 is 9.04. The highest BCUT2D eigenvalue weighted by Gasteiger charge is 2.38. The van der Waals surface area contributed by atoms with Crippen LogP contribution in [-0.4, -0.2) is 16.8 Å². The van der Waals surface area contributed by atoms with Crippen LogP contribution < -0.4 is 10.9 Å². The van der Waals surface area contributed by atoms with E-state index in [0.29, 0.717) is 0 Å². The number of rotatable bonds is 2. The van der Waals surface area contributed by atoms with Crippen molar-refractivity contribution in [3.05, 3.63) is 139 Å². The highest BCUT2D eigenvalue weighted by Crippen LogP contribution is 2.52. The van der Waals surface area contributed by atoms with E-state index < -0.39 is 0 Å². The highest BCUT2D eigenvalue weighted by molar-refractivity contribution is 6.73. The Morgan fingerprint density at radius 2 is 1.38 bits per heavy atom. The SMILES string of the molecule is CC1(C)c2ccccc2-c2c1[nH]c1c(-c3cc(-c4ccccc4)cc4c3[B]c3cccc5c6oc7ccccc7c6n-4c35)cccc21. The molecule has 3 aromatic heterocycles. The standard InChI is InChI=1S/C43H28BN2O/c1-43(2)32-19-8-6-14-27(32)36-29-17-10-16-26(38(29)45-42(36)43)31-22-25(24-12-4-3-5-13-24)23-34-37(31)44-33-20-11-18-30-39(33)46(34)40-28-15-7-9-21-35(28)47-41(30)40/h3-23,45H,1-2H3. The van der Waals surface area contributed by atoms with Gasteiger partial charge >= 0.3 is 0 Å². The number of furan rings is 1. The minimum absolute atomic E-state index is 0.108. The van der Waals surface area contributed by atoms with Crippen LogP contribution in [0.25, 0.3) is 82.9 Å². The van der Waals surface area contributed by atoms with Crippen LogP contribution in [0.4, 0.5) is 0 Å². The maximum atomic E-state index is 6.58. The second-order valence-corrected chi connectivity index (χ2v) is 13.6. The predicted molar refractivity (Wildman–Crippen MR) is 196 cm³/mol. The number of aromatic nitrogens is 2. The smallest absolute Gasteiger partial charge is 0.197 e. The molecular formula is C43H28BN2O. The lowest BCUT2D eigenvalue weighted by atomic mass is 9.59. The summed E-state index contributed by atoms with van der Waals surface area (Å²) in [7, 11) is 2.39. The van der Waals surface area contributed by atoms with E-state index in [4.69, 9.17) is 4.42 Å². The third-order valence-electron chi connectivity index (χ3n) is 10.8. The van der Waals surface area contributed by atoms with Crippen molar-refractivity contribution in [3.63, 3.8) is 0 Å². The number of fused-ring (bicyclic) bond motifs is 12. The molecule has 9 aromatic rings. The number of benzene rings is 6. The minimum atomic E-state index is -0.108. The quantitative estimate of drug-likeness (QED) is 0.197. The zero-order valence-electron chi connectivity index (χ0n) is 26.1. The van der Waals surface area contributed by atoms with Gasteiger partial charge in [0, 0.05) is 44.1 Å². The lowest BCUT2D eigenvalue weighted by molar-refractivity contribution is 0.642. The Bertz CT molecular complexity index is 2790. The van der Waals surface area contributed by atoms with Gasteiger partial charge in [0.25, 0.3) is 0 Å². The number of aromatic amines is 1. The first kappa shape index (κ1) is 25.5. The molecule has 0 fully saturated rings. The molecule has 0 amide bonds. The predicted octanol–water partition coefficient (Wildman–Crippen LogP) is 9.62. The van der Waals surface area contributed by atoms with Crippen LogP contribution in [-0.2, 0) is 5.41 Å². The third kappa shape index (κ3) is 3.18. The Kier molecular flexibility index (Phi) is 4.74. The van der Waals surface area contributed by atoms with Gasteiger partial charge in [-0.2, -0.15) is 0 Å². The van der Waals surface area contributed by atoms with E-state index in [0.717, 1.165) is 27.5 Å². The van der Waals surface area contributed by atoms with E-state index in [1.54, 1.807) is 0 Å². The van der Waals surface area contributed by atoms with Crippen LogP contribution in [0, 0.1) is 0 Å². The molecule has 0 atom stereocenters. The molecule has 0 saturated heterocycles. The van der Waals surface area contributed by atoms with Gasteiger partial charge in [-0.15, -0.1) is 0 Å². The number of H-pyrrole nitrogens is 1. The average Bonchev–Trinajstić information content (AvgIpc) is 3.83. The molecule has 6 aromatic carbocycles. The van der Waals surface area contributed by atoms with Crippen LogP contribution in [0.5, 0.6) is 0 Å². The van der Waals surface area contributed by atoms with Gasteiger partial charge in [0.2, 0.25) is 0 Å². The lowest BCUT2D eigenvalue weighted by Gasteiger charge is -2.25. The summed E-state index contributed by atoms with van der Waals surface area (Å²) in [5.41, 5.74) is 19.0. The second-order valence-electron chi connectivity index (χ2n) is 13.6. The Labute approximate surface area is 272 Å². The molecule has 0 bridgehead atoms. The second kappa shape index (κ2) is 8.74. The fourth-order valence-electron chi connectivity index (χ4n) is 8.62. The Hall–Kier alpha value is -5.74. The maximum Gasteiger partial charge on any atom is 0.197 e. The Morgan fingerprint density at radius 1 is 0.638 bits per heavy atom. The zero-order valence-corrected chi connectivity index (χ0v) is 26.1. The molecule has 0 unspecified atom stereocenters. The van der Waals surface area contributed by atoms with Crippen LogP contribution in [0.1, 0.15) is 25.1 Å². The Morgan fingerprint density at radius 3 is 2.30 bits per heavy atom. The molecular weight excluding hydrogens is 571 g/mol. The monoisotopic (exact) mass is 599 g/mol. The van der Waals surface area contributed by atoms with E-state index in [9.17, 15) is 0 Å². The summed E-state index contributed by atoms with van der Waals surface area (Å²) in [4.78, 5) is 3.99.